The van der Waals surface area contributed by atoms with E-state index in [0.29, 0.717) is 31.6 Å². The topological polar surface area (TPSA) is 131 Å². The molecule has 1 spiro atoms. The molecular formula is C37H42F3N5O6S. The Balaban J connectivity index is 1.28. The molecular weight excluding hydrogens is 699 g/mol. The molecule has 3 heterocycles. The predicted octanol–water partition coefficient (Wildman–Crippen LogP) is 6.90. The second kappa shape index (κ2) is 12.3. The highest BCUT2D eigenvalue weighted by molar-refractivity contribution is 7.92. The van der Waals surface area contributed by atoms with Crippen molar-refractivity contribution >= 4 is 28.0 Å². The quantitative estimate of drug-likeness (QED) is 0.306. The maximum atomic E-state index is 14.6. The van der Waals surface area contributed by atoms with Crippen LogP contribution in [0.25, 0.3) is 11.3 Å². The molecule has 0 unspecified atom stereocenters. The zero-order valence-electron chi connectivity index (χ0n) is 29.7. The Labute approximate surface area is 301 Å². The van der Waals surface area contributed by atoms with Crippen LogP contribution < -0.4 is 9.46 Å². The van der Waals surface area contributed by atoms with Crippen LogP contribution in [0.15, 0.2) is 53.4 Å². The largest absolute Gasteiger partial charge is 0.475 e. The molecule has 1 aromatic heterocycles. The molecule has 4 bridgehead atoms. The van der Waals surface area contributed by atoms with Crippen LogP contribution in [0.2, 0.25) is 0 Å². The molecule has 1 atom stereocenters. The number of alkyl halides is 3. The number of sulfonamides is 1. The van der Waals surface area contributed by atoms with Crippen LogP contribution in [0.4, 0.5) is 23.9 Å². The van der Waals surface area contributed by atoms with Gasteiger partial charge in [-0.05, 0) is 96.0 Å². The lowest BCUT2D eigenvalue weighted by Gasteiger charge is -2.61. The molecule has 2 amide bonds. The van der Waals surface area contributed by atoms with Gasteiger partial charge in [0.25, 0.3) is 15.9 Å². The minimum Gasteiger partial charge on any atom is -0.475 e. The summed E-state index contributed by atoms with van der Waals surface area (Å²) in [6.07, 6.45) is -4.58. The Morgan fingerprint density at radius 2 is 1.67 bits per heavy atom. The van der Waals surface area contributed by atoms with Gasteiger partial charge in [0.1, 0.15) is 12.2 Å². The number of hydrogen-bond acceptors (Lipinski definition) is 8. The first-order chi connectivity index (χ1) is 24.3. The number of rotatable bonds is 4. The number of aromatic nitrogens is 2. The van der Waals surface area contributed by atoms with Gasteiger partial charge < -0.3 is 19.3 Å². The zero-order chi connectivity index (χ0) is 37.4. The van der Waals surface area contributed by atoms with Crippen LogP contribution in [0, 0.1) is 24.7 Å². The van der Waals surface area contributed by atoms with Crippen molar-refractivity contribution in [2.45, 2.75) is 95.5 Å². The summed E-state index contributed by atoms with van der Waals surface area (Å²) in [5, 5.41) is 0. The van der Waals surface area contributed by atoms with Gasteiger partial charge in [-0.3, -0.25) is 4.79 Å². The fourth-order valence-corrected chi connectivity index (χ4v) is 8.87. The first kappa shape index (κ1) is 36.0. The zero-order valence-corrected chi connectivity index (χ0v) is 30.5. The molecule has 4 aliphatic rings. The van der Waals surface area contributed by atoms with Crippen molar-refractivity contribution in [2.24, 2.45) is 10.8 Å². The van der Waals surface area contributed by atoms with Crippen molar-refractivity contribution in [1.82, 2.24) is 19.8 Å². The number of nitrogens with one attached hydrogen (secondary N) is 1. The van der Waals surface area contributed by atoms with E-state index in [1.165, 1.54) is 35.2 Å². The minimum atomic E-state index is -4.50. The van der Waals surface area contributed by atoms with Gasteiger partial charge in [-0.1, -0.05) is 24.3 Å². The van der Waals surface area contributed by atoms with Crippen molar-refractivity contribution in [2.75, 3.05) is 24.4 Å². The number of halogens is 3. The number of carbonyl (C=O) groups excluding carboxylic acids is 2. The summed E-state index contributed by atoms with van der Waals surface area (Å²) in [7, 11) is -4.32. The summed E-state index contributed by atoms with van der Waals surface area (Å²) in [5.41, 5.74) is -0.139. The summed E-state index contributed by atoms with van der Waals surface area (Å²) in [6, 6.07) is 11.1. The van der Waals surface area contributed by atoms with Crippen LogP contribution in [0.5, 0.6) is 5.88 Å². The first-order valence-electron chi connectivity index (χ1n) is 17.4. The van der Waals surface area contributed by atoms with E-state index >= 15 is 0 Å². The van der Waals surface area contributed by atoms with Gasteiger partial charge in [-0.2, -0.15) is 18.2 Å². The summed E-state index contributed by atoms with van der Waals surface area (Å²) < 4.78 is 85.2. The number of nitrogens with zero attached hydrogens (tertiary/aromatic N) is 4. The maximum absolute atomic E-state index is 14.6. The third-order valence-electron chi connectivity index (χ3n) is 10.6. The van der Waals surface area contributed by atoms with E-state index in [0.717, 1.165) is 16.7 Å². The number of fused-ring (bicyclic) bond motifs is 4. The van der Waals surface area contributed by atoms with E-state index in [1.54, 1.807) is 25.7 Å². The average molecular weight is 742 g/mol. The van der Waals surface area contributed by atoms with E-state index in [-0.39, 0.29) is 47.2 Å². The normalized spacial score (nSPS) is 22.1. The van der Waals surface area contributed by atoms with Gasteiger partial charge in [0.15, 0.2) is 0 Å². The smallest absolute Gasteiger partial charge is 0.410 e. The number of anilines is 1. The van der Waals surface area contributed by atoms with Gasteiger partial charge in [-0.15, -0.1) is 0 Å². The molecule has 52 heavy (non-hydrogen) atoms. The van der Waals surface area contributed by atoms with Gasteiger partial charge in [0.05, 0.1) is 22.0 Å². The predicted molar refractivity (Wildman–Crippen MR) is 185 cm³/mol. The van der Waals surface area contributed by atoms with Crippen molar-refractivity contribution in [3.63, 3.8) is 0 Å². The molecule has 2 aliphatic heterocycles. The number of aryl methyl sites for hydroxylation is 2. The molecule has 278 valence electrons. The van der Waals surface area contributed by atoms with E-state index in [4.69, 9.17) is 9.47 Å². The van der Waals surface area contributed by atoms with E-state index in [1.807, 2.05) is 32.0 Å². The Hall–Kier alpha value is -4.40. The average Bonchev–Trinajstić information content (AvgIpc) is 3.79. The first-order valence-corrected chi connectivity index (χ1v) is 18.8. The van der Waals surface area contributed by atoms with E-state index < -0.39 is 57.7 Å². The third-order valence-corrected chi connectivity index (χ3v) is 12.0. The van der Waals surface area contributed by atoms with Crippen LogP contribution in [-0.4, -0.2) is 83.7 Å². The number of ether oxygens (including phenoxy) is 2. The Morgan fingerprint density at radius 3 is 2.29 bits per heavy atom. The van der Waals surface area contributed by atoms with Crippen LogP contribution >= 0.6 is 0 Å². The highest BCUT2D eigenvalue weighted by atomic mass is 32.2. The summed E-state index contributed by atoms with van der Waals surface area (Å²) in [5.74, 6) is -0.934. The van der Waals surface area contributed by atoms with Crippen molar-refractivity contribution in [3.8, 4) is 17.1 Å². The van der Waals surface area contributed by atoms with Gasteiger partial charge in [0.2, 0.25) is 11.8 Å². The van der Waals surface area contributed by atoms with Crippen molar-refractivity contribution in [3.05, 3.63) is 65.2 Å². The molecule has 2 aliphatic carbocycles. The number of likely N-dealkylation sites (tertiary alicyclic amines) is 1. The second-order valence-electron chi connectivity index (χ2n) is 15.9. The molecule has 2 saturated carbocycles. The molecule has 2 aromatic carbocycles. The summed E-state index contributed by atoms with van der Waals surface area (Å²) in [4.78, 5) is 38.9. The fourth-order valence-electron chi connectivity index (χ4n) is 7.88. The number of hydrogen-bond donors (Lipinski definition) is 1. The lowest BCUT2D eigenvalue weighted by Crippen LogP contribution is -2.69. The monoisotopic (exact) mass is 741 g/mol. The molecule has 1 saturated heterocycles. The van der Waals surface area contributed by atoms with Gasteiger partial charge >= 0.3 is 12.3 Å². The SMILES string of the molecule is Cc1cccc(C)c1-c1cc2nc(n1)NS(=O)(=O)c1cccc(c1)C(=O)N(C1CC3(C1)CN(C(=O)OC(C)(C)C)C3)[C@H](CC1(C(F)(F)F)CC1)CO2. The van der Waals surface area contributed by atoms with E-state index in [2.05, 4.69) is 14.7 Å². The lowest BCUT2D eigenvalue weighted by molar-refractivity contribution is -0.194. The minimum absolute atomic E-state index is 0.0118. The molecule has 15 heteroatoms. The van der Waals surface area contributed by atoms with Crippen LogP contribution in [-0.2, 0) is 14.8 Å². The molecule has 7 rings (SSSR count). The van der Waals surface area contributed by atoms with Gasteiger partial charge in [0, 0.05) is 41.7 Å². The number of benzene rings is 2. The highest BCUT2D eigenvalue weighted by Gasteiger charge is 2.65. The summed E-state index contributed by atoms with van der Waals surface area (Å²) in [6.45, 7) is 9.59. The van der Waals surface area contributed by atoms with Crippen molar-refractivity contribution < 1.29 is 40.7 Å². The van der Waals surface area contributed by atoms with Crippen LogP contribution in [0.3, 0.4) is 0 Å². The molecule has 3 fully saturated rings. The van der Waals surface area contributed by atoms with Crippen molar-refractivity contribution in [1.29, 1.82) is 0 Å². The van der Waals surface area contributed by atoms with Crippen LogP contribution in [0.1, 0.15) is 74.4 Å². The number of carbonyl (C=O) groups is 2. The van der Waals surface area contributed by atoms with E-state index in [9.17, 15) is 31.2 Å². The third kappa shape index (κ3) is 6.79. The standard InChI is InChI=1S/C37H42F3N5O6S/c1-22-8-6-9-23(2)30(22)28-15-29-42-32(41-28)43-52(48,49)27-11-7-10-24(14-27)31(46)45(26(19-50-29)18-36(12-13-36)37(38,39)40)25-16-35(17-25)20-44(21-35)33(47)51-34(3,4)5/h6-11,14-15,25-26H,12-13,16-21H2,1-5H3,(H,41,42,43)/t26-/m1/s1. The molecule has 3 aromatic rings. The highest BCUT2D eigenvalue weighted by Crippen LogP contribution is 2.61. The van der Waals surface area contributed by atoms with Gasteiger partial charge in [-0.25, -0.2) is 22.9 Å². The second-order valence-corrected chi connectivity index (χ2v) is 17.6. The maximum Gasteiger partial charge on any atom is 0.410 e. The molecule has 0 radical (unpaired) electrons. The Kier molecular flexibility index (Phi) is 8.54. The molecule has 1 N–H and O–H groups in total. The lowest BCUT2D eigenvalue weighted by atomic mass is 9.60. The molecule has 11 nitrogen and oxygen atoms in total. The number of amides is 2. The Bertz CT molecular complexity index is 2010. The fraction of sp³-hybridized carbons (Fsp3) is 0.514. The Morgan fingerprint density at radius 1 is 1.02 bits per heavy atom. The summed E-state index contributed by atoms with van der Waals surface area (Å²) >= 11 is 0.